The Morgan fingerprint density at radius 3 is 2.05 bits per heavy atom. The number of nitrogens with zero attached hydrogens (tertiary/aromatic N) is 1. The average Bonchev–Trinajstić information content (AvgIpc) is 2.81. The predicted molar refractivity (Wildman–Crippen MR) is 147 cm³/mol. The molecule has 0 saturated heterocycles. The molecule has 2 atom stereocenters. The largest absolute Gasteiger partial charge is 0.444 e. The first kappa shape index (κ1) is 30.3. The van der Waals surface area contributed by atoms with Crippen LogP contribution in [-0.2, 0) is 19.1 Å². The van der Waals surface area contributed by atoms with Crippen molar-refractivity contribution in [2.75, 3.05) is 11.9 Å². The smallest absolute Gasteiger partial charge is 0.408 e. The van der Waals surface area contributed by atoms with Crippen LogP contribution in [0, 0.1) is 20.8 Å². The zero-order valence-electron chi connectivity index (χ0n) is 23.4. The van der Waals surface area contributed by atoms with Crippen molar-refractivity contribution in [3.8, 4) is 0 Å². The third-order valence-corrected chi connectivity index (χ3v) is 5.97. The zero-order valence-corrected chi connectivity index (χ0v) is 23.4. The van der Waals surface area contributed by atoms with E-state index in [1.54, 1.807) is 39.8 Å². The Kier molecular flexibility index (Phi) is 10.4. The lowest BCUT2D eigenvalue weighted by molar-refractivity contribution is -0.140. The number of likely N-dealkylation sites (N-methyl/N-ethyl adjacent to an activating group) is 1. The van der Waals surface area contributed by atoms with Gasteiger partial charge in [0.25, 0.3) is 5.91 Å². The van der Waals surface area contributed by atoms with Gasteiger partial charge in [-0.3, -0.25) is 14.4 Å². The van der Waals surface area contributed by atoms with E-state index in [1.807, 2.05) is 51.1 Å². The normalized spacial score (nSPS) is 12.7. The summed E-state index contributed by atoms with van der Waals surface area (Å²) in [5.41, 5.74) is 8.62. The summed E-state index contributed by atoms with van der Waals surface area (Å²) in [6.07, 6.45) is -0.973. The lowest BCUT2D eigenvalue weighted by Crippen LogP contribution is -2.52. The van der Waals surface area contributed by atoms with Crippen molar-refractivity contribution in [1.82, 2.24) is 10.2 Å². The van der Waals surface area contributed by atoms with E-state index < -0.39 is 41.5 Å². The third kappa shape index (κ3) is 8.61. The highest BCUT2D eigenvalue weighted by Crippen LogP contribution is 2.27. The molecule has 0 aromatic heterocycles. The number of amides is 4. The molecule has 0 fully saturated rings. The Bertz CT molecular complexity index is 1130. The number of hydrogen-bond donors (Lipinski definition) is 3. The Hall–Kier alpha value is -3.88. The molecule has 38 heavy (non-hydrogen) atoms. The van der Waals surface area contributed by atoms with Crippen LogP contribution in [0.4, 0.5) is 10.5 Å². The molecular weight excluding hydrogens is 484 g/mol. The van der Waals surface area contributed by atoms with Crippen molar-refractivity contribution >= 4 is 29.5 Å². The Morgan fingerprint density at radius 1 is 0.974 bits per heavy atom. The second-order valence-corrected chi connectivity index (χ2v) is 10.4. The van der Waals surface area contributed by atoms with Gasteiger partial charge in [-0.05, 0) is 71.6 Å². The van der Waals surface area contributed by atoms with Crippen LogP contribution in [-0.4, -0.2) is 46.9 Å². The van der Waals surface area contributed by atoms with Gasteiger partial charge in [0.15, 0.2) is 0 Å². The standard InChI is InChI=1S/C29H40N4O5/c1-8-33(27(36)22(16-17-23(30)34)31-28(37)38-29(5,6)7)25(21-14-12-18(2)13-15-21)26(35)32-24-19(3)10-9-11-20(24)4/h9-15,22,25H,8,16-17H2,1-7H3,(H2,30,34)(H,31,37)(H,32,35). The number of carbonyl (C=O) groups excluding carboxylic acids is 4. The lowest BCUT2D eigenvalue weighted by atomic mass is 10.00. The molecule has 0 aliphatic carbocycles. The first-order valence-corrected chi connectivity index (χ1v) is 12.8. The van der Waals surface area contributed by atoms with Gasteiger partial charge in [-0.15, -0.1) is 0 Å². The van der Waals surface area contributed by atoms with Gasteiger partial charge < -0.3 is 26.0 Å². The van der Waals surface area contributed by atoms with E-state index >= 15 is 0 Å². The quantitative estimate of drug-likeness (QED) is 0.427. The number of rotatable bonds is 10. The number of hydrogen-bond acceptors (Lipinski definition) is 5. The van der Waals surface area contributed by atoms with Gasteiger partial charge in [0.2, 0.25) is 11.8 Å². The highest BCUT2D eigenvalue weighted by atomic mass is 16.6. The molecule has 0 aliphatic rings. The fourth-order valence-corrected chi connectivity index (χ4v) is 4.08. The molecule has 2 unspecified atom stereocenters. The Morgan fingerprint density at radius 2 is 1.55 bits per heavy atom. The molecule has 0 spiro atoms. The third-order valence-electron chi connectivity index (χ3n) is 5.97. The molecule has 2 rings (SSSR count). The first-order valence-electron chi connectivity index (χ1n) is 12.8. The van der Waals surface area contributed by atoms with E-state index in [4.69, 9.17) is 10.5 Å². The molecule has 0 radical (unpaired) electrons. The van der Waals surface area contributed by atoms with Gasteiger partial charge in [0.05, 0.1) is 0 Å². The van der Waals surface area contributed by atoms with E-state index in [1.165, 1.54) is 4.90 Å². The van der Waals surface area contributed by atoms with Crippen molar-refractivity contribution < 1.29 is 23.9 Å². The fraction of sp³-hybridized carbons (Fsp3) is 0.448. The predicted octanol–water partition coefficient (Wildman–Crippen LogP) is 4.30. The summed E-state index contributed by atoms with van der Waals surface area (Å²) in [6.45, 7) is 12.8. The summed E-state index contributed by atoms with van der Waals surface area (Å²) in [5, 5.41) is 5.58. The number of ether oxygens (including phenoxy) is 1. The molecule has 0 saturated carbocycles. The molecule has 206 valence electrons. The van der Waals surface area contributed by atoms with Gasteiger partial charge >= 0.3 is 6.09 Å². The van der Waals surface area contributed by atoms with Crippen molar-refractivity contribution in [3.63, 3.8) is 0 Å². The Balaban J connectivity index is 2.48. The number of benzene rings is 2. The van der Waals surface area contributed by atoms with Crippen LogP contribution < -0.4 is 16.4 Å². The van der Waals surface area contributed by atoms with Crippen molar-refractivity contribution in [3.05, 3.63) is 64.7 Å². The molecule has 2 aromatic carbocycles. The molecule has 9 nitrogen and oxygen atoms in total. The summed E-state index contributed by atoms with van der Waals surface area (Å²) < 4.78 is 5.33. The number of alkyl carbamates (subject to hydrolysis) is 1. The highest BCUT2D eigenvalue weighted by molar-refractivity contribution is 6.00. The summed E-state index contributed by atoms with van der Waals surface area (Å²) in [5.74, 6) is -1.53. The van der Waals surface area contributed by atoms with Crippen LogP contribution in [0.25, 0.3) is 0 Å². The minimum Gasteiger partial charge on any atom is -0.444 e. The maximum Gasteiger partial charge on any atom is 0.408 e. The lowest BCUT2D eigenvalue weighted by Gasteiger charge is -2.34. The maximum atomic E-state index is 13.9. The number of para-hydroxylation sites is 1. The first-order chi connectivity index (χ1) is 17.7. The van der Waals surface area contributed by atoms with Crippen LogP contribution >= 0.6 is 0 Å². The highest BCUT2D eigenvalue weighted by Gasteiger charge is 2.36. The van der Waals surface area contributed by atoms with Crippen LogP contribution in [0.3, 0.4) is 0 Å². The van der Waals surface area contributed by atoms with Crippen LogP contribution in [0.1, 0.15) is 68.8 Å². The number of primary amides is 1. The Labute approximate surface area is 225 Å². The number of carbonyl (C=O) groups is 4. The average molecular weight is 525 g/mol. The van der Waals surface area contributed by atoms with Crippen molar-refractivity contribution in [2.45, 2.75) is 79.0 Å². The van der Waals surface area contributed by atoms with Gasteiger partial charge in [-0.2, -0.15) is 0 Å². The summed E-state index contributed by atoms with van der Waals surface area (Å²) in [7, 11) is 0. The van der Waals surface area contributed by atoms with E-state index in [-0.39, 0.29) is 19.4 Å². The topological polar surface area (TPSA) is 131 Å². The molecule has 4 amide bonds. The van der Waals surface area contributed by atoms with Crippen molar-refractivity contribution in [2.24, 2.45) is 5.73 Å². The molecule has 2 aromatic rings. The van der Waals surface area contributed by atoms with E-state index in [2.05, 4.69) is 10.6 Å². The van der Waals surface area contributed by atoms with Crippen LogP contribution in [0.2, 0.25) is 0 Å². The SMILES string of the molecule is CCN(C(=O)C(CCC(N)=O)NC(=O)OC(C)(C)C)C(C(=O)Nc1c(C)cccc1C)c1ccc(C)cc1. The van der Waals surface area contributed by atoms with Gasteiger partial charge in [-0.1, -0.05) is 48.0 Å². The molecule has 0 bridgehead atoms. The molecule has 9 heteroatoms. The number of nitrogens with one attached hydrogen (secondary N) is 2. The number of anilines is 1. The van der Waals surface area contributed by atoms with Gasteiger partial charge in [-0.25, -0.2) is 4.79 Å². The van der Waals surface area contributed by atoms with E-state index in [0.717, 1.165) is 16.7 Å². The monoisotopic (exact) mass is 524 g/mol. The van der Waals surface area contributed by atoms with Crippen LogP contribution in [0.5, 0.6) is 0 Å². The van der Waals surface area contributed by atoms with E-state index in [9.17, 15) is 19.2 Å². The minimum atomic E-state index is -1.13. The van der Waals surface area contributed by atoms with Gasteiger partial charge in [0, 0.05) is 18.7 Å². The van der Waals surface area contributed by atoms with Gasteiger partial charge in [0.1, 0.15) is 17.7 Å². The van der Waals surface area contributed by atoms with Crippen LogP contribution in [0.15, 0.2) is 42.5 Å². The van der Waals surface area contributed by atoms with Crippen molar-refractivity contribution in [1.29, 1.82) is 0 Å². The molecular formula is C29H40N4O5. The molecule has 0 aliphatic heterocycles. The maximum absolute atomic E-state index is 13.9. The zero-order chi connectivity index (χ0) is 28.6. The summed E-state index contributed by atoms with van der Waals surface area (Å²) >= 11 is 0. The second kappa shape index (κ2) is 13.1. The fourth-order valence-electron chi connectivity index (χ4n) is 4.08. The number of aryl methyl sites for hydroxylation is 3. The second-order valence-electron chi connectivity index (χ2n) is 10.4. The molecule has 4 N–H and O–H groups in total. The number of nitrogens with two attached hydrogens (primary N) is 1. The molecule has 0 heterocycles. The summed E-state index contributed by atoms with van der Waals surface area (Å²) in [4.78, 5) is 53.2. The van der Waals surface area contributed by atoms with E-state index in [0.29, 0.717) is 11.3 Å². The minimum absolute atomic E-state index is 0.0386. The summed E-state index contributed by atoms with van der Waals surface area (Å²) in [6, 6.07) is 10.9.